The van der Waals surface area contributed by atoms with E-state index in [1.54, 1.807) is 18.2 Å². The molecule has 1 fully saturated rings. The molecule has 2 aliphatic rings. The van der Waals surface area contributed by atoms with Gasteiger partial charge in [-0.25, -0.2) is 4.39 Å². The van der Waals surface area contributed by atoms with Gasteiger partial charge in [0.2, 0.25) is 0 Å². The second-order valence-electron chi connectivity index (χ2n) is 8.11. The fourth-order valence-electron chi connectivity index (χ4n) is 4.65. The molecule has 0 saturated carbocycles. The van der Waals surface area contributed by atoms with Crippen molar-refractivity contribution in [3.8, 4) is 0 Å². The van der Waals surface area contributed by atoms with Crippen molar-refractivity contribution in [3.05, 3.63) is 71.5 Å². The van der Waals surface area contributed by atoms with Crippen LogP contribution in [0.3, 0.4) is 0 Å². The first-order chi connectivity index (χ1) is 15.1. The van der Waals surface area contributed by atoms with Crippen LogP contribution in [-0.2, 0) is 0 Å². The van der Waals surface area contributed by atoms with Gasteiger partial charge in [0.1, 0.15) is 5.82 Å². The van der Waals surface area contributed by atoms with E-state index in [9.17, 15) is 14.0 Å². The largest absolute Gasteiger partial charge is 0.383 e. The number of rotatable bonds is 5. The molecule has 2 aliphatic heterocycles. The number of hydrogen-bond donors (Lipinski definition) is 1. The number of nitrogens with zero attached hydrogens (tertiary/aromatic N) is 2. The maximum atomic E-state index is 13.4. The van der Waals surface area contributed by atoms with E-state index in [0.717, 1.165) is 42.4 Å². The zero-order valence-electron chi connectivity index (χ0n) is 17.2. The molecule has 0 aromatic heterocycles. The third-order valence-corrected chi connectivity index (χ3v) is 6.15. The molecule has 0 spiro atoms. The predicted octanol–water partition coefficient (Wildman–Crippen LogP) is 4.68. The van der Waals surface area contributed by atoms with Gasteiger partial charge in [-0.1, -0.05) is 18.2 Å². The van der Waals surface area contributed by atoms with Gasteiger partial charge in [-0.3, -0.25) is 14.5 Å². The fraction of sp³-hybridized carbons (Fsp3) is 0.280. The van der Waals surface area contributed by atoms with E-state index >= 15 is 0 Å². The molecule has 0 atom stereocenters. The Balaban J connectivity index is 1.43. The van der Waals surface area contributed by atoms with Gasteiger partial charge in [0.25, 0.3) is 11.8 Å². The predicted molar refractivity (Wildman–Crippen MR) is 120 cm³/mol. The van der Waals surface area contributed by atoms with Gasteiger partial charge in [0.05, 0.1) is 0 Å². The van der Waals surface area contributed by atoms with Crippen LogP contribution in [0.15, 0.2) is 54.6 Å². The summed E-state index contributed by atoms with van der Waals surface area (Å²) in [6.45, 7) is 2.55. The van der Waals surface area contributed by atoms with Gasteiger partial charge in [-0.15, -0.1) is 0 Å². The summed E-state index contributed by atoms with van der Waals surface area (Å²) in [5.74, 6) is -0.889. The van der Waals surface area contributed by atoms with E-state index in [1.807, 2.05) is 24.3 Å². The van der Waals surface area contributed by atoms with E-state index in [2.05, 4.69) is 10.2 Å². The highest BCUT2D eigenvalue weighted by atomic mass is 19.1. The van der Waals surface area contributed by atoms with Gasteiger partial charge in [-0.05, 0) is 55.7 Å². The van der Waals surface area contributed by atoms with Crippen molar-refractivity contribution in [2.45, 2.75) is 19.3 Å². The molecular formula is C25H24FN3O2. The SMILES string of the molecule is O=C1c2cccc3c(N4CCCCC4)ccc(c23)C(=O)N1CCNc1cccc(F)c1. The molecule has 0 bridgehead atoms. The molecule has 0 aliphatic carbocycles. The summed E-state index contributed by atoms with van der Waals surface area (Å²) in [7, 11) is 0. The Morgan fingerprint density at radius 3 is 2.39 bits per heavy atom. The van der Waals surface area contributed by atoms with E-state index in [-0.39, 0.29) is 24.2 Å². The van der Waals surface area contributed by atoms with Crippen LogP contribution in [0.4, 0.5) is 15.8 Å². The molecule has 3 aromatic rings. The number of amides is 2. The lowest BCUT2D eigenvalue weighted by molar-refractivity contribution is 0.0617. The molecule has 3 aromatic carbocycles. The number of hydrogen-bond acceptors (Lipinski definition) is 4. The number of anilines is 2. The Labute approximate surface area is 180 Å². The number of benzene rings is 3. The zero-order valence-corrected chi connectivity index (χ0v) is 17.2. The summed E-state index contributed by atoms with van der Waals surface area (Å²) in [6.07, 6.45) is 3.56. The second kappa shape index (κ2) is 8.02. The Bertz CT molecular complexity index is 1150. The highest BCUT2D eigenvalue weighted by Gasteiger charge is 2.33. The van der Waals surface area contributed by atoms with Crippen molar-refractivity contribution in [1.29, 1.82) is 0 Å². The van der Waals surface area contributed by atoms with Crippen LogP contribution in [-0.4, -0.2) is 42.9 Å². The van der Waals surface area contributed by atoms with E-state index in [4.69, 9.17) is 0 Å². The minimum Gasteiger partial charge on any atom is -0.383 e. The molecule has 2 amide bonds. The lowest BCUT2D eigenvalue weighted by Gasteiger charge is -2.32. The van der Waals surface area contributed by atoms with Gasteiger partial charge >= 0.3 is 0 Å². The number of halogens is 1. The van der Waals surface area contributed by atoms with Crippen LogP contribution in [0.1, 0.15) is 40.0 Å². The van der Waals surface area contributed by atoms with Crippen molar-refractivity contribution >= 4 is 34.0 Å². The Kier molecular flexibility index (Phi) is 5.06. The molecule has 0 radical (unpaired) electrons. The first-order valence-electron chi connectivity index (χ1n) is 10.8. The van der Waals surface area contributed by atoms with Crippen molar-refractivity contribution < 1.29 is 14.0 Å². The monoisotopic (exact) mass is 417 g/mol. The molecule has 158 valence electrons. The quantitative estimate of drug-likeness (QED) is 0.613. The third kappa shape index (κ3) is 3.52. The summed E-state index contributed by atoms with van der Waals surface area (Å²) in [5.41, 5.74) is 2.85. The number of nitrogens with one attached hydrogen (secondary N) is 1. The van der Waals surface area contributed by atoms with Crippen LogP contribution in [0, 0.1) is 5.82 Å². The molecule has 31 heavy (non-hydrogen) atoms. The maximum absolute atomic E-state index is 13.4. The normalized spacial score (nSPS) is 16.2. The second-order valence-corrected chi connectivity index (χ2v) is 8.11. The molecule has 1 saturated heterocycles. The summed E-state index contributed by atoms with van der Waals surface area (Å²) in [4.78, 5) is 30.0. The minimum atomic E-state index is -0.333. The molecule has 5 rings (SSSR count). The van der Waals surface area contributed by atoms with Crippen molar-refractivity contribution in [1.82, 2.24) is 4.90 Å². The number of piperidine rings is 1. The fourth-order valence-corrected chi connectivity index (χ4v) is 4.65. The molecule has 5 nitrogen and oxygen atoms in total. The Morgan fingerprint density at radius 2 is 1.61 bits per heavy atom. The van der Waals surface area contributed by atoms with Crippen molar-refractivity contribution in [2.75, 3.05) is 36.4 Å². The molecule has 6 heteroatoms. The maximum Gasteiger partial charge on any atom is 0.261 e. The Hall–Kier alpha value is -3.41. The van der Waals surface area contributed by atoms with Crippen LogP contribution in [0.25, 0.3) is 10.8 Å². The van der Waals surface area contributed by atoms with Gasteiger partial charge in [0, 0.05) is 59.5 Å². The summed E-state index contributed by atoms with van der Waals surface area (Å²) >= 11 is 0. The summed E-state index contributed by atoms with van der Waals surface area (Å²) in [5, 5.41) is 4.81. The van der Waals surface area contributed by atoms with E-state index < -0.39 is 0 Å². The first kappa shape index (κ1) is 19.5. The van der Waals surface area contributed by atoms with Crippen LogP contribution >= 0.6 is 0 Å². The molecule has 0 unspecified atom stereocenters. The number of carbonyl (C=O) groups excluding carboxylic acids is 2. The van der Waals surface area contributed by atoms with Gasteiger partial charge < -0.3 is 10.2 Å². The van der Waals surface area contributed by atoms with Crippen LogP contribution in [0.5, 0.6) is 0 Å². The zero-order chi connectivity index (χ0) is 21.4. The number of carbonyl (C=O) groups is 2. The van der Waals surface area contributed by atoms with Crippen LogP contribution in [0.2, 0.25) is 0 Å². The molecule has 1 N–H and O–H groups in total. The van der Waals surface area contributed by atoms with Crippen LogP contribution < -0.4 is 10.2 Å². The first-order valence-corrected chi connectivity index (χ1v) is 10.8. The smallest absolute Gasteiger partial charge is 0.261 e. The summed E-state index contributed by atoms with van der Waals surface area (Å²) < 4.78 is 13.4. The van der Waals surface area contributed by atoms with Crippen molar-refractivity contribution in [3.63, 3.8) is 0 Å². The van der Waals surface area contributed by atoms with E-state index in [1.165, 1.54) is 23.5 Å². The standard InChI is InChI=1S/C25H24FN3O2/c26-17-6-4-7-18(16-17)27-12-15-29-24(30)20-9-5-8-19-22(28-13-2-1-3-14-28)11-10-21(23(19)20)25(29)31/h4-11,16,27H,1-3,12-15H2. The summed E-state index contributed by atoms with van der Waals surface area (Å²) in [6, 6.07) is 15.7. The lowest BCUT2D eigenvalue weighted by Crippen LogP contribution is -2.43. The topological polar surface area (TPSA) is 52.7 Å². The highest BCUT2D eigenvalue weighted by molar-refractivity contribution is 6.26. The number of imide groups is 1. The average molecular weight is 417 g/mol. The minimum absolute atomic E-state index is 0.206. The molecule has 2 heterocycles. The van der Waals surface area contributed by atoms with Crippen molar-refractivity contribution in [2.24, 2.45) is 0 Å². The average Bonchev–Trinajstić information content (AvgIpc) is 2.80. The molecular weight excluding hydrogens is 393 g/mol. The lowest BCUT2D eigenvalue weighted by atomic mass is 9.92. The Morgan fingerprint density at radius 1 is 0.871 bits per heavy atom. The third-order valence-electron chi connectivity index (χ3n) is 6.15. The highest BCUT2D eigenvalue weighted by Crippen LogP contribution is 2.36. The van der Waals surface area contributed by atoms with Gasteiger partial charge in [0.15, 0.2) is 0 Å². The van der Waals surface area contributed by atoms with Gasteiger partial charge in [-0.2, -0.15) is 0 Å². The van der Waals surface area contributed by atoms with E-state index in [0.29, 0.717) is 23.4 Å².